The average molecular weight is 469 g/mol. The maximum absolute atomic E-state index is 8.47. The lowest BCUT2D eigenvalue weighted by Gasteiger charge is -2.16. The first-order chi connectivity index (χ1) is 20.6. The average Bonchev–Trinajstić information content (AvgIpc) is 3.53. The molecule has 3 aromatic heterocycles. The first-order valence-corrected chi connectivity index (χ1v) is 11.1. The summed E-state index contributed by atoms with van der Waals surface area (Å²) in [6.07, 6.45) is 2.77. The van der Waals surface area contributed by atoms with E-state index in [0.29, 0.717) is 33.5 Å². The van der Waals surface area contributed by atoms with Crippen molar-refractivity contribution >= 4 is 16.9 Å². The van der Waals surface area contributed by atoms with Gasteiger partial charge in [-0.15, -0.1) is 0 Å². The number of oxazole rings is 1. The van der Waals surface area contributed by atoms with Crippen LogP contribution >= 0.6 is 0 Å². The molecule has 5 nitrogen and oxygen atoms in total. The molecule has 0 aliphatic heterocycles. The third-order valence-electron chi connectivity index (χ3n) is 6.33. The number of hydrogen-bond donors (Lipinski definition) is 0. The minimum atomic E-state index is -2.78. The van der Waals surface area contributed by atoms with Gasteiger partial charge in [0, 0.05) is 24.0 Å². The van der Waals surface area contributed by atoms with Crippen LogP contribution in [0.1, 0.15) is 34.6 Å². The SMILES string of the molecule is [2H]C([2H])([2H])c1c[n+](C)c(-c2c(C)ccc3c2oc2ncnn23)cc1-c1c(C([2H])([2H])[2H])cc(-c2ccccc2)cc1C([2H])([2H])[2H]. The highest BCUT2D eigenvalue weighted by Crippen LogP contribution is 2.37. The Hall–Kier alpha value is -4.25. The number of rotatable bonds is 3. The summed E-state index contributed by atoms with van der Waals surface area (Å²) in [5.74, 6) is 0.264. The third-order valence-corrected chi connectivity index (χ3v) is 6.33. The van der Waals surface area contributed by atoms with Gasteiger partial charge in [-0.2, -0.15) is 14.6 Å². The van der Waals surface area contributed by atoms with Crippen molar-refractivity contribution in [1.29, 1.82) is 0 Å². The van der Waals surface area contributed by atoms with Gasteiger partial charge in [0.15, 0.2) is 11.8 Å². The molecule has 6 aromatic rings. The second kappa shape index (κ2) is 7.91. The van der Waals surface area contributed by atoms with Crippen molar-refractivity contribution < 1.29 is 21.3 Å². The van der Waals surface area contributed by atoms with Gasteiger partial charge in [0.25, 0.3) is 0 Å². The fraction of sp³-hybridized carbons (Fsp3) is 0.167. The van der Waals surface area contributed by atoms with Crippen LogP contribution in [0.3, 0.4) is 0 Å². The molecule has 6 rings (SSSR count). The highest BCUT2D eigenvalue weighted by molar-refractivity contribution is 5.93. The lowest BCUT2D eigenvalue weighted by molar-refractivity contribution is -0.660. The minimum absolute atomic E-state index is 0.0131. The molecule has 5 heteroatoms. The fourth-order valence-electron chi connectivity index (χ4n) is 4.65. The van der Waals surface area contributed by atoms with Gasteiger partial charge in [-0.3, -0.25) is 0 Å². The van der Waals surface area contributed by atoms with Crippen LogP contribution in [-0.2, 0) is 7.05 Å². The van der Waals surface area contributed by atoms with Crippen LogP contribution in [0, 0.1) is 27.5 Å². The predicted octanol–water partition coefficient (Wildman–Crippen LogP) is 6.53. The van der Waals surface area contributed by atoms with Crippen molar-refractivity contribution in [2.75, 3.05) is 0 Å². The molecule has 172 valence electrons. The summed E-state index contributed by atoms with van der Waals surface area (Å²) < 4.78 is 85.2. The van der Waals surface area contributed by atoms with Gasteiger partial charge >= 0.3 is 5.84 Å². The van der Waals surface area contributed by atoms with E-state index in [9.17, 15) is 0 Å². The number of aromatic nitrogens is 4. The summed E-state index contributed by atoms with van der Waals surface area (Å²) in [7, 11) is 1.67. The second-order valence-corrected chi connectivity index (χ2v) is 8.57. The standard InChI is InChI=1S/C30H27N4O/c1-18-11-12-25-29(35-30-31-17-32-34(25)30)28(18)26-15-24(21(4)16-33(26)5)27-19(2)13-23(14-20(27)3)22-9-7-6-8-10-22/h6-17H,1-5H3/q+1/i2D3,3D3,4D3. The normalized spacial score (nSPS) is 16.5. The number of hydrogen-bond acceptors (Lipinski definition) is 3. The molecule has 0 fully saturated rings. The Kier molecular flexibility index (Phi) is 3.07. The Morgan fingerprint density at radius 1 is 0.857 bits per heavy atom. The molecule has 0 N–H and O–H groups in total. The van der Waals surface area contributed by atoms with E-state index in [1.165, 1.54) is 29.2 Å². The van der Waals surface area contributed by atoms with Crippen molar-refractivity contribution in [1.82, 2.24) is 14.6 Å². The summed E-state index contributed by atoms with van der Waals surface area (Å²) in [5.41, 5.74) is 3.08. The first-order valence-electron chi connectivity index (χ1n) is 15.6. The molecule has 0 atom stereocenters. The number of aryl methyl sites for hydroxylation is 5. The second-order valence-electron chi connectivity index (χ2n) is 8.57. The zero-order valence-corrected chi connectivity index (χ0v) is 19.1. The van der Waals surface area contributed by atoms with Gasteiger partial charge in [0.1, 0.15) is 18.9 Å². The topological polar surface area (TPSA) is 47.2 Å². The molecular weight excluding hydrogens is 432 g/mol. The number of pyridine rings is 1. The molecule has 0 saturated heterocycles. The van der Waals surface area contributed by atoms with Crippen molar-refractivity contribution in [2.24, 2.45) is 7.05 Å². The van der Waals surface area contributed by atoms with Crippen LogP contribution < -0.4 is 4.57 Å². The summed E-state index contributed by atoms with van der Waals surface area (Å²) >= 11 is 0. The number of fused-ring (bicyclic) bond motifs is 3. The number of benzene rings is 3. The van der Waals surface area contributed by atoms with Crippen molar-refractivity contribution in [3.05, 3.63) is 95.4 Å². The molecule has 0 aliphatic rings. The Labute approximate surface area is 217 Å². The Bertz CT molecular complexity index is 2020. The van der Waals surface area contributed by atoms with E-state index in [-0.39, 0.29) is 33.7 Å². The van der Waals surface area contributed by atoms with Crippen LogP contribution in [0.5, 0.6) is 0 Å². The van der Waals surface area contributed by atoms with E-state index in [1.54, 1.807) is 48.0 Å². The molecule has 0 bridgehead atoms. The monoisotopic (exact) mass is 468 g/mol. The molecule has 0 unspecified atom stereocenters. The molecule has 3 heterocycles. The Balaban J connectivity index is 1.75. The fourth-order valence-corrected chi connectivity index (χ4v) is 4.65. The van der Waals surface area contributed by atoms with E-state index in [4.69, 9.17) is 16.8 Å². The van der Waals surface area contributed by atoms with Crippen molar-refractivity contribution in [3.8, 4) is 33.5 Å². The summed E-state index contributed by atoms with van der Waals surface area (Å²) in [6.45, 7) is -6.41. The summed E-state index contributed by atoms with van der Waals surface area (Å²) in [6, 6.07) is 17.0. The molecule has 35 heavy (non-hydrogen) atoms. The zero-order valence-electron chi connectivity index (χ0n) is 28.1. The summed E-state index contributed by atoms with van der Waals surface area (Å²) in [5, 5.41) is 4.22. The Morgan fingerprint density at radius 3 is 2.37 bits per heavy atom. The highest BCUT2D eigenvalue weighted by Gasteiger charge is 2.24. The van der Waals surface area contributed by atoms with Crippen LogP contribution in [0.15, 0.2) is 77.6 Å². The summed E-state index contributed by atoms with van der Waals surface area (Å²) in [4.78, 5) is 4.14. The molecule has 0 amide bonds. The Morgan fingerprint density at radius 2 is 1.63 bits per heavy atom. The molecule has 0 aliphatic carbocycles. The predicted molar refractivity (Wildman–Crippen MR) is 139 cm³/mol. The quantitative estimate of drug-likeness (QED) is 0.277. The molecule has 0 saturated carbocycles. The molecular formula is C30H27N4O+. The minimum Gasteiger partial charge on any atom is -0.421 e. The largest absolute Gasteiger partial charge is 0.421 e. The van der Waals surface area contributed by atoms with Crippen molar-refractivity contribution in [3.63, 3.8) is 0 Å². The van der Waals surface area contributed by atoms with Crippen LogP contribution in [0.4, 0.5) is 0 Å². The van der Waals surface area contributed by atoms with Crippen LogP contribution in [0.25, 0.3) is 50.5 Å². The smallest absolute Gasteiger partial charge is 0.325 e. The van der Waals surface area contributed by atoms with Crippen molar-refractivity contribution in [2.45, 2.75) is 27.5 Å². The third kappa shape index (κ3) is 3.35. The lowest BCUT2D eigenvalue weighted by atomic mass is 9.89. The van der Waals surface area contributed by atoms with E-state index in [2.05, 4.69) is 10.1 Å². The molecule has 0 radical (unpaired) electrons. The number of nitrogens with zero attached hydrogens (tertiary/aromatic N) is 4. The maximum Gasteiger partial charge on any atom is 0.325 e. The van der Waals surface area contributed by atoms with Gasteiger partial charge in [0.2, 0.25) is 5.69 Å². The maximum atomic E-state index is 8.47. The van der Waals surface area contributed by atoms with Gasteiger partial charge in [0.05, 0.1) is 5.56 Å². The van der Waals surface area contributed by atoms with Gasteiger partial charge in [-0.1, -0.05) is 48.5 Å². The van der Waals surface area contributed by atoms with Crippen LogP contribution in [-0.4, -0.2) is 14.6 Å². The van der Waals surface area contributed by atoms with E-state index in [1.807, 2.05) is 19.1 Å². The van der Waals surface area contributed by atoms with Gasteiger partial charge < -0.3 is 4.42 Å². The lowest BCUT2D eigenvalue weighted by Crippen LogP contribution is -2.31. The van der Waals surface area contributed by atoms with Gasteiger partial charge in [-0.25, -0.2) is 4.57 Å². The molecule has 3 aromatic carbocycles. The highest BCUT2D eigenvalue weighted by atomic mass is 16.4. The molecule has 0 spiro atoms. The van der Waals surface area contributed by atoms with E-state index >= 15 is 0 Å². The first kappa shape index (κ1) is 13.6. The van der Waals surface area contributed by atoms with Crippen LogP contribution in [0.2, 0.25) is 0 Å². The van der Waals surface area contributed by atoms with Gasteiger partial charge in [-0.05, 0) is 72.5 Å². The van der Waals surface area contributed by atoms with E-state index in [0.717, 1.165) is 5.56 Å². The van der Waals surface area contributed by atoms with E-state index < -0.39 is 20.6 Å². The zero-order chi connectivity index (χ0) is 31.8.